The Morgan fingerprint density at radius 1 is 1.16 bits per heavy atom. The summed E-state index contributed by atoms with van der Waals surface area (Å²) in [6, 6.07) is 3.56. The molecule has 0 aromatic carbocycles. The molecule has 0 spiro atoms. The zero-order chi connectivity index (χ0) is 17.4. The summed E-state index contributed by atoms with van der Waals surface area (Å²) in [6.07, 6.45) is 0. The molecule has 2 aliphatic rings. The van der Waals surface area contributed by atoms with Crippen LogP contribution in [-0.2, 0) is 4.79 Å². The number of aromatic nitrogens is 4. The van der Waals surface area contributed by atoms with Crippen molar-refractivity contribution in [2.45, 2.75) is 6.92 Å². The molecule has 2 fully saturated rings. The van der Waals surface area contributed by atoms with Gasteiger partial charge in [-0.15, -0.1) is 15.3 Å². The predicted octanol–water partition coefficient (Wildman–Crippen LogP) is -0.893. The third-order valence-electron chi connectivity index (χ3n) is 4.62. The van der Waals surface area contributed by atoms with E-state index < -0.39 is 0 Å². The monoisotopic (exact) mass is 344 g/mol. The second kappa shape index (κ2) is 6.28. The summed E-state index contributed by atoms with van der Waals surface area (Å²) in [4.78, 5) is 29.3. The molecule has 10 nitrogen and oxygen atoms in total. The normalized spacial score (nSPS) is 18.8. The van der Waals surface area contributed by atoms with E-state index in [9.17, 15) is 9.59 Å². The molecule has 2 aromatic heterocycles. The van der Waals surface area contributed by atoms with Gasteiger partial charge in [-0.25, -0.2) is 4.79 Å². The van der Waals surface area contributed by atoms with E-state index in [-0.39, 0.29) is 18.5 Å². The number of rotatable bonds is 3. The van der Waals surface area contributed by atoms with Crippen LogP contribution in [0.2, 0.25) is 0 Å². The van der Waals surface area contributed by atoms with Crippen molar-refractivity contribution in [2.75, 3.05) is 50.7 Å². The number of hydrogen-bond donors (Lipinski definition) is 1. The Labute approximate surface area is 144 Å². The first kappa shape index (κ1) is 15.8. The zero-order valence-electron chi connectivity index (χ0n) is 14.1. The molecular weight excluding hydrogens is 324 g/mol. The van der Waals surface area contributed by atoms with E-state index >= 15 is 0 Å². The van der Waals surface area contributed by atoms with Crippen molar-refractivity contribution in [1.29, 1.82) is 0 Å². The molecule has 2 aliphatic heterocycles. The lowest BCUT2D eigenvalue weighted by molar-refractivity contribution is -0.128. The van der Waals surface area contributed by atoms with Crippen LogP contribution >= 0.6 is 0 Å². The van der Waals surface area contributed by atoms with Crippen molar-refractivity contribution >= 4 is 23.4 Å². The van der Waals surface area contributed by atoms with E-state index in [0.29, 0.717) is 13.1 Å². The Kier molecular flexibility index (Phi) is 3.96. The maximum atomic E-state index is 12.2. The fourth-order valence-corrected chi connectivity index (χ4v) is 3.18. The largest absolute Gasteiger partial charge is 0.353 e. The first-order valence-electron chi connectivity index (χ1n) is 8.36. The van der Waals surface area contributed by atoms with Gasteiger partial charge < -0.3 is 10.2 Å². The van der Waals surface area contributed by atoms with Crippen LogP contribution in [-0.4, -0.2) is 87.4 Å². The molecule has 0 bridgehead atoms. The Balaban J connectivity index is 1.36. The minimum atomic E-state index is -0.287. The molecule has 1 N–H and O–H groups in total. The summed E-state index contributed by atoms with van der Waals surface area (Å²) in [6.45, 7) is 6.20. The highest BCUT2D eigenvalue weighted by Gasteiger charge is 2.28. The van der Waals surface area contributed by atoms with Crippen molar-refractivity contribution in [1.82, 2.24) is 34.9 Å². The van der Waals surface area contributed by atoms with Crippen LogP contribution in [0.1, 0.15) is 5.82 Å². The number of imide groups is 1. The summed E-state index contributed by atoms with van der Waals surface area (Å²) in [5.41, 5.74) is 0.731. The van der Waals surface area contributed by atoms with Crippen LogP contribution in [0, 0.1) is 6.92 Å². The SMILES string of the molecule is Cc1nnc2ccc(N3CCN(CC(=O)N4CCNC4=O)CC3)nn12. The van der Waals surface area contributed by atoms with E-state index in [1.54, 1.807) is 4.52 Å². The van der Waals surface area contributed by atoms with Crippen LogP contribution in [0.5, 0.6) is 0 Å². The Morgan fingerprint density at radius 2 is 1.96 bits per heavy atom. The smallest absolute Gasteiger partial charge is 0.324 e. The minimum absolute atomic E-state index is 0.136. The quantitative estimate of drug-likeness (QED) is 0.771. The average molecular weight is 344 g/mol. The molecule has 132 valence electrons. The number of amides is 3. The molecule has 2 saturated heterocycles. The van der Waals surface area contributed by atoms with Gasteiger partial charge in [0.05, 0.1) is 6.54 Å². The third kappa shape index (κ3) is 3.00. The summed E-state index contributed by atoms with van der Waals surface area (Å²) in [5.74, 6) is 1.49. The molecule has 4 heterocycles. The molecule has 0 atom stereocenters. The zero-order valence-corrected chi connectivity index (χ0v) is 14.1. The maximum Gasteiger partial charge on any atom is 0.324 e. The van der Waals surface area contributed by atoms with Gasteiger partial charge in [-0.05, 0) is 19.1 Å². The van der Waals surface area contributed by atoms with Crippen molar-refractivity contribution in [3.05, 3.63) is 18.0 Å². The van der Waals surface area contributed by atoms with E-state index in [1.807, 2.05) is 19.1 Å². The number of carbonyl (C=O) groups excluding carboxylic acids is 2. The van der Waals surface area contributed by atoms with Gasteiger partial charge >= 0.3 is 6.03 Å². The lowest BCUT2D eigenvalue weighted by atomic mass is 10.3. The Bertz CT molecular complexity index is 811. The molecule has 0 radical (unpaired) electrons. The fourth-order valence-electron chi connectivity index (χ4n) is 3.18. The second-order valence-electron chi connectivity index (χ2n) is 6.25. The highest BCUT2D eigenvalue weighted by molar-refractivity contribution is 5.96. The van der Waals surface area contributed by atoms with Crippen LogP contribution in [0.15, 0.2) is 12.1 Å². The Hall–Kier alpha value is -2.75. The lowest BCUT2D eigenvalue weighted by Gasteiger charge is -2.35. The fraction of sp³-hybridized carbons (Fsp3) is 0.533. The molecule has 2 aromatic rings. The van der Waals surface area contributed by atoms with Crippen molar-refractivity contribution < 1.29 is 9.59 Å². The maximum absolute atomic E-state index is 12.2. The van der Waals surface area contributed by atoms with Gasteiger partial charge in [0.25, 0.3) is 0 Å². The molecule has 0 saturated carbocycles. The highest BCUT2D eigenvalue weighted by atomic mass is 16.2. The topological polar surface area (TPSA) is 99.0 Å². The van der Waals surface area contributed by atoms with Gasteiger partial charge in [-0.2, -0.15) is 4.52 Å². The van der Waals surface area contributed by atoms with Crippen LogP contribution in [0.3, 0.4) is 0 Å². The van der Waals surface area contributed by atoms with Crippen LogP contribution < -0.4 is 10.2 Å². The molecular formula is C15H20N8O2. The molecule has 25 heavy (non-hydrogen) atoms. The number of nitrogens with one attached hydrogen (secondary N) is 1. The van der Waals surface area contributed by atoms with E-state index in [2.05, 4.69) is 30.4 Å². The lowest BCUT2D eigenvalue weighted by Crippen LogP contribution is -2.50. The van der Waals surface area contributed by atoms with Gasteiger partial charge in [0.15, 0.2) is 11.5 Å². The number of anilines is 1. The molecule has 0 unspecified atom stereocenters. The van der Waals surface area contributed by atoms with Gasteiger partial charge in [0, 0.05) is 39.3 Å². The Morgan fingerprint density at radius 3 is 2.68 bits per heavy atom. The number of urea groups is 1. The number of nitrogens with zero attached hydrogens (tertiary/aromatic N) is 7. The van der Waals surface area contributed by atoms with Crippen LogP contribution in [0.4, 0.5) is 10.6 Å². The summed E-state index contributed by atoms with van der Waals surface area (Å²) in [5, 5.41) is 15.3. The number of carbonyl (C=O) groups is 2. The first-order valence-corrected chi connectivity index (χ1v) is 8.36. The highest BCUT2D eigenvalue weighted by Crippen LogP contribution is 2.15. The number of hydrogen-bond acceptors (Lipinski definition) is 7. The number of piperazine rings is 1. The summed E-state index contributed by atoms with van der Waals surface area (Å²) >= 11 is 0. The van der Waals surface area contributed by atoms with E-state index in [4.69, 9.17) is 0 Å². The standard InChI is InChI=1S/C15H20N8O2/c1-11-17-18-12-2-3-13(19-23(11)12)21-8-6-20(7-9-21)10-14(24)22-5-4-16-15(22)25/h2-3H,4-10H2,1H3,(H,16,25). The first-order chi connectivity index (χ1) is 12.1. The van der Waals surface area contributed by atoms with E-state index in [1.165, 1.54) is 4.90 Å². The van der Waals surface area contributed by atoms with E-state index in [0.717, 1.165) is 43.5 Å². The van der Waals surface area contributed by atoms with Crippen molar-refractivity contribution in [3.8, 4) is 0 Å². The summed E-state index contributed by atoms with van der Waals surface area (Å²) < 4.78 is 1.73. The van der Waals surface area contributed by atoms with Gasteiger partial charge in [-0.3, -0.25) is 14.6 Å². The minimum Gasteiger partial charge on any atom is -0.353 e. The number of fused-ring (bicyclic) bond motifs is 1. The van der Waals surface area contributed by atoms with Crippen molar-refractivity contribution in [3.63, 3.8) is 0 Å². The predicted molar refractivity (Wildman–Crippen MR) is 89.3 cm³/mol. The van der Waals surface area contributed by atoms with Gasteiger partial charge in [0.1, 0.15) is 5.82 Å². The molecule has 3 amide bonds. The summed E-state index contributed by atoms with van der Waals surface area (Å²) in [7, 11) is 0. The molecule has 10 heteroatoms. The molecule has 4 rings (SSSR count). The van der Waals surface area contributed by atoms with Crippen molar-refractivity contribution in [2.24, 2.45) is 0 Å². The number of aryl methyl sites for hydroxylation is 1. The second-order valence-corrected chi connectivity index (χ2v) is 6.25. The van der Waals surface area contributed by atoms with Gasteiger partial charge in [-0.1, -0.05) is 0 Å². The average Bonchev–Trinajstić information content (AvgIpc) is 3.21. The van der Waals surface area contributed by atoms with Crippen LogP contribution in [0.25, 0.3) is 5.65 Å². The van der Waals surface area contributed by atoms with Gasteiger partial charge in [0.2, 0.25) is 5.91 Å². The molecule has 0 aliphatic carbocycles. The third-order valence-corrected chi connectivity index (χ3v) is 4.62.